The van der Waals surface area contributed by atoms with E-state index in [1.807, 2.05) is 0 Å². The van der Waals surface area contributed by atoms with Crippen molar-refractivity contribution in [1.82, 2.24) is 4.57 Å². The molecule has 0 unspecified atom stereocenters. The molecule has 9 aromatic carbocycles. The highest BCUT2D eigenvalue weighted by molar-refractivity contribution is 6.21. The number of nitrogens with zero attached hydrogens (tertiary/aromatic N) is 1. The van der Waals surface area contributed by atoms with Crippen LogP contribution in [0.4, 0.5) is 0 Å². The van der Waals surface area contributed by atoms with Crippen LogP contribution in [-0.2, 0) is 0 Å². The van der Waals surface area contributed by atoms with Crippen LogP contribution in [0.5, 0.6) is 0 Å². The molecule has 0 radical (unpaired) electrons. The third kappa shape index (κ3) is 4.86. The smallest absolute Gasteiger partial charge is 0.0541 e. The Hall–Kier alpha value is -6.70. The number of aromatic nitrogens is 1. The molecule has 0 aliphatic carbocycles. The Morgan fingerprint density at radius 2 is 0.608 bits per heavy atom. The molecule has 0 amide bonds. The molecule has 0 spiro atoms. The monoisotopic (exact) mass is 647 g/mol. The molecule has 51 heavy (non-hydrogen) atoms. The van der Waals surface area contributed by atoms with Gasteiger partial charge in [0.25, 0.3) is 0 Å². The van der Waals surface area contributed by atoms with Gasteiger partial charge in [-0.25, -0.2) is 0 Å². The first-order chi connectivity index (χ1) is 25.3. The summed E-state index contributed by atoms with van der Waals surface area (Å²) in [5, 5.41) is 7.59. The first-order valence-electron chi connectivity index (χ1n) is 17.6. The third-order valence-corrected chi connectivity index (χ3v) is 10.4. The number of benzene rings is 9. The number of hydrogen-bond acceptors (Lipinski definition) is 0. The maximum atomic E-state index is 2.41. The van der Waals surface area contributed by atoms with Gasteiger partial charge in [0, 0.05) is 16.5 Å². The van der Waals surface area contributed by atoms with E-state index < -0.39 is 0 Å². The van der Waals surface area contributed by atoms with Crippen LogP contribution in [0, 0.1) is 0 Å². The number of hydrogen-bond donors (Lipinski definition) is 0. The molecule has 10 aromatic rings. The van der Waals surface area contributed by atoms with Gasteiger partial charge in [-0.2, -0.15) is 0 Å². The van der Waals surface area contributed by atoms with Gasteiger partial charge in [0.1, 0.15) is 0 Å². The van der Waals surface area contributed by atoms with E-state index in [1.54, 1.807) is 0 Å². The summed E-state index contributed by atoms with van der Waals surface area (Å²) in [5.41, 5.74) is 13.5. The SMILES string of the molecule is c1ccc(-c2ccc(-c3ccc4c(c3)c3ccccc3n4-c3ccc(-c4c5ccccc5c(-c5ccccc5)c5ccccc45)cc3)cc2)cc1. The van der Waals surface area contributed by atoms with E-state index in [9.17, 15) is 0 Å². The molecule has 0 fully saturated rings. The highest BCUT2D eigenvalue weighted by Crippen LogP contribution is 2.44. The summed E-state index contributed by atoms with van der Waals surface area (Å²) in [7, 11) is 0. The fraction of sp³-hybridized carbons (Fsp3) is 0. The fourth-order valence-electron chi connectivity index (χ4n) is 8.05. The zero-order chi connectivity index (χ0) is 33.7. The molecule has 0 bridgehead atoms. The standard InChI is InChI=1S/C50H33N/c1-3-13-34(14-4-1)35-23-25-36(26-24-35)39-29-32-48-46(33-39)41-17-11-12-22-47(41)51(48)40-30-27-38(28-31-40)50-44-20-9-7-18-42(44)49(37-15-5-2-6-16-37)43-19-8-10-21-45(43)50/h1-33H. The largest absolute Gasteiger partial charge is 0.309 e. The molecule has 10 rings (SSSR count). The molecule has 0 aliphatic rings. The molecule has 1 aromatic heterocycles. The van der Waals surface area contributed by atoms with E-state index in [0.29, 0.717) is 0 Å². The third-order valence-electron chi connectivity index (χ3n) is 10.4. The van der Waals surface area contributed by atoms with Crippen molar-refractivity contribution in [2.24, 2.45) is 0 Å². The molecular formula is C50H33N. The number of para-hydroxylation sites is 1. The molecule has 1 heterocycles. The van der Waals surface area contributed by atoms with Gasteiger partial charge in [-0.15, -0.1) is 0 Å². The second kappa shape index (κ2) is 12.0. The van der Waals surface area contributed by atoms with Crippen molar-refractivity contribution in [3.05, 3.63) is 200 Å². The van der Waals surface area contributed by atoms with Gasteiger partial charge in [0.15, 0.2) is 0 Å². The number of rotatable bonds is 5. The minimum absolute atomic E-state index is 1.15. The Morgan fingerprint density at radius 1 is 0.235 bits per heavy atom. The lowest BCUT2D eigenvalue weighted by molar-refractivity contribution is 1.18. The van der Waals surface area contributed by atoms with Crippen molar-refractivity contribution in [1.29, 1.82) is 0 Å². The van der Waals surface area contributed by atoms with E-state index in [1.165, 1.54) is 87.9 Å². The maximum absolute atomic E-state index is 2.41. The van der Waals surface area contributed by atoms with Crippen molar-refractivity contribution in [3.63, 3.8) is 0 Å². The van der Waals surface area contributed by atoms with Crippen LogP contribution >= 0.6 is 0 Å². The van der Waals surface area contributed by atoms with Gasteiger partial charge in [-0.1, -0.05) is 170 Å². The Morgan fingerprint density at radius 3 is 1.18 bits per heavy atom. The van der Waals surface area contributed by atoms with Crippen LogP contribution in [0.1, 0.15) is 0 Å². The van der Waals surface area contributed by atoms with E-state index >= 15 is 0 Å². The van der Waals surface area contributed by atoms with Crippen LogP contribution in [0.15, 0.2) is 200 Å². The van der Waals surface area contributed by atoms with Gasteiger partial charge in [-0.3, -0.25) is 0 Å². The van der Waals surface area contributed by atoms with Crippen LogP contribution < -0.4 is 0 Å². The average Bonchev–Trinajstić information content (AvgIpc) is 3.54. The maximum Gasteiger partial charge on any atom is 0.0541 e. The summed E-state index contributed by atoms with van der Waals surface area (Å²) in [6.07, 6.45) is 0. The number of fused-ring (bicyclic) bond motifs is 5. The van der Waals surface area contributed by atoms with Crippen molar-refractivity contribution in [3.8, 4) is 50.2 Å². The van der Waals surface area contributed by atoms with Crippen molar-refractivity contribution < 1.29 is 0 Å². The van der Waals surface area contributed by atoms with Gasteiger partial charge in [0.2, 0.25) is 0 Å². The van der Waals surface area contributed by atoms with E-state index in [4.69, 9.17) is 0 Å². The van der Waals surface area contributed by atoms with Crippen LogP contribution in [0.2, 0.25) is 0 Å². The summed E-state index contributed by atoms with van der Waals surface area (Å²) in [6, 6.07) is 72.8. The predicted octanol–water partition coefficient (Wildman–Crippen LogP) is 13.8. The van der Waals surface area contributed by atoms with Gasteiger partial charge in [-0.05, 0) is 96.4 Å². The normalized spacial score (nSPS) is 11.5. The van der Waals surface area contributed by atoms with E-state index in [0.717, 1.165) is 5.69 Å². The molecular weight excluding hydrogens is 615 g/mol. The summed E-state index contributed by atoms with van der Waals surface area (Å²) >= 11 is 0. The second-order valence-electron chi connectivity index (χ2n) is 13.3. The molecule has 0 saturated carbocycles. The molecule has 0 N–H and O–H groups in total. The van der Waals surface area contributed by atoms with Crippen molar-refractivity contribution in [2.75, 3.05) is 0 Å². The van der Waals surface area contributed by atoms with Gasteiger partial charge in [0.05, 0.1) is 11.0 Å². The Labute approximate surface area is 297 Å². The first-order valence-corrected chi connectivity index (χ1v) is 17.6. The zero-order valence-corrected chi connectivity index (χ0v) is 28.0. The molecule has 0 atom stereocenters. The minimum atomic E-state index is 1.15. The van der Waals surface area contributed by atoms with Crippen molar-refractivity contribution >= 4 is 43.4 Å². The van der Waals surface area contributed by atoms with Crippen LogP contribution in [-0.4, -0.2) is 4.57 Å². The lowest BCUT2D eigenvalue weighted by atomic mass is 9.86. The topological polar surface area (TPSA) is 4.93 Å². The molecule has 0 aliphatic heterocycles. The highest BCUT2D eigenvalue weighted by Gasteiger charge is 2.18. The summed E-state index contributed by atoms with van der Waals surface area (Å²) in [5.74, 6) is 0. The van der Waals surface area contributed by atoms with Crippen molar-refractivity contribution in [2.45, 2.75) is 0 Å². The lowest BCUT2D eigenvalue weighted by Crippen LogP contribution is -1.94. The quantitative estimate of drug-likeness (QED) is 0.164. The Bertz CT molecular complexity index is 2800. The summed E-state index contributed by atoms with van der Waals surface area (Å²) in [4.78, 5) is 0. The van der Waals surface area contributed by atoms with E-state index in [2.05, 4.69) is 205 Å². The highest BCUT2D eigenvalue weighted by atomic mass is 15.0. The summed E-state index contributed by atoms with van der Waals surface area (Å²) in [6.45, 7) is 0. The summed E-state index contributed by atoms with van der Waals surface area (Å²) < 4.78 is 2.41. The van der Waals surface area contributed by atoms with Gasteiger partial charge >= 0.3 is 0 Å². The molecule has 1 nitrogen and oxygen atoms in total. The first kappa shape index (κ1) is 29.2. The fourth-order valence-corrected chi connectivity index (χ4v) is 8.05. The molecule has 238 valence electrons. The minimum Gasteiger partial charge on any atom is -0.309 e. The second-order valence-corrected chi connectivity index (χ2v) is 13.3. The van der Waals surface area contributed by atoms with E-state index in [-0.39, 0.29) is 0 Å². The Kier molecular flexibility index (Phi) is 6.89. The molecule has 1 heteroatoms. The lowest BCUT2D eigenvalue weighted by Gasteiger charge is -2.18. The van der Waals surface area contributed by atoms with Gasteiger partial charge < -0.3 is 4.57 Å². The predicted molar refractivity (Wildman–Crippen MR) is 218 cm³/mol. The van der Waals surface area contributed by atoms with Crippen LogP contribution in [0.25, 0.3) is 93.5 Å². The molecule has 0 saturated heterocycles. The zero-order valence-electron chi connectivity index (χ0n) is 28.0. The van der Waals surface area contributed by atoms with Crippen LogP contribution in [0.3, 0.4) is 0 Å². The average molecular weight is 648 g/mol. The Balaban J connectivity index is 1.09.